The second-order valence-corrected chi connectivity index (χ2v) is 3.95. The van der Waals surface area contributed by atoms with E-state index >= 15 is 0 Å². The molecule has 0 bridgehead atoms. The quantitative estimate of drug-likeness (QED) is 0.686. The highest BCUT2D eigenvalue weighted by Crippen LogP contribution is 2.14. The molecule has 1 heterocycles. The minimum Gasteiger partial charge on any atom is -0.374 e. The van der Waals surface area contributed by atoms with Crippen LogP contribution < -0.4 is 5.32 Å². The van der Waals surface area contributed by atoms with Crippen LogP contribution in [-0.2, 0) is 4.74 Å². The van der Waals surface area contributed by atoms with E-state index in [9.17, 15) is 0 Å². The van der Waals surface area contributed by atoms with E-state index in [1.165, 1.54) is 32.1 Å². The van der Waals surface area contributed by atoms with E-state index < -0.39 is 0 Å². The molecule has 1 atom stereocenters. The lowest BCUT2D eigenvalue weighted by Crippen LogP contribution is -2.24. The molecule has 0 amide bonds. The minimum atomic E-state index is 0.489. The van der Waals surface area contributed by atoms with Crippen LogP contribution in [0.1, 0.15) is 46.0 Å². The molecule has 1 aliphatic rings. The van der Waals surface area contributed by atoms with Gasteiger partial charge in [0, 0.05) is 6.54 Å². The highest BCUT2D eigenvalue weighted by molar-refractivity contribution is 4.73. The summed E-state index contributed by atoms with van der Waals surface area (Å²) in [5.41, 5.74) is 0. The van der Waals surface area contributed by atoms with Crippen molar-refractivity contribution in [2.45, 2.75) is 58.2 Å². The average molecular weight is 185 g/mol. The molecule has 1 rings (SSSR count). The van der Waals surface area contributed by atoms with Crippen LogP contribution in [0.25, 0.3) is 0 Å². The molecule has 0 aliphatic carbocycles. The summed E-state index contributed by atoms with van der Waals surface area (Å²) in [6.45, 7) is 6.66. The van der Waals surface area contributed by atoms with E-state index in [0.29, 0.717) is 12.2 Å². The van der Waals surface area contributed by atoms with Gasteiger partial charge in [-0.25, -0.2) is 0 Å². The average Bonchev–Trinajstić information content (AvgIpc) is 2.58. The van der Waals surface area contributed by atoms with Gasteiger partial charge in [0.25, 0.3) is 0 Å². The molecule has 78 valence electrons. The van der Waals surface area contributed by atoms with E-state index in [0.717, 1.165) is 13.1 Å². The van der Waals surface area contributed by atoms with Crippen molar-refractivity contribution in [2.75, 3.05) is 13.1 Å². The van der Waals surface area contributed by atoms with Gasteiger partial charge in [-0.3, -0.25) is 0 Å². The smallest absolute Gasteiger partial charge is 0.0715 e. The first kappa shape index (κ1) is 11.0. The molecule has 0 aromatic carbocycles. The summed E-state index contributed by atoms with van der Waals surface area (Å²) in [6.07, 6.45) is 7.14. The fourth-order valence-electron chi connectivity index (χ4n) is 1.94. The van der Waals surface area contributed by atoms with Crippen molar-refractivity contribution in [3.05, 3.63) is 0 Å². The van der Waals surface area contributed by atoms with Crippen molar-refractivity contribution in [3.8, 4) is 0 Å². The molecule has 0 radical (unpaired) electrons. The van der Waals surface area contributed by atoms with Crippen LogP contribution in [-0.4, -0.2) is 25.3 Å². The maximum Gasteiger partial charge on any atom is 0.0715 e. The Morgan fingerprint density at radius 3 is 2.46 bits per heavy atom. The Morgan fingerprint density at radius 2 is 2.00 bits per heavy atom. The zero-order valence-corrected chi connectivity index (χ0v) is 9.01. The first-order valence-electron chi connectivity index (χ1n) is 5.73. The van der Waals surface area contributed by atoms with Crippen molar-refractivity contribution in [1.82, 2.24) is 5.32 Å². The number of ether oxygens (including phenoxy) is 1. The van der Waals surface area contributed by atoms with Gasteiger partial charge in [-0.15, -0.1) is 0 Å². The Balaban J connectivity index is 2.19. The Bertz CT molecular complexity index is 115. The number of nitrogens with one attached hydrogen (secondary N) is 1. The van der Waals surface area contributed by atoms with Gasteiger partial charge < -0.3 is 10.1 Å². The molecular formula is C11H23NO. The third-order valence-corrected chi connectivity index (χ3v) is 2.62. The van der Waals surface area contributed by atoms with Gasteiger partial charge in [0.05, 0.1) is 12.2 Å². The molecular weight excluding hydrogens is 162 g/mol. The molecule has 2 nitrogen and oxygen atoms in total. The molecule has 0 saturated carbocycles. The van der Waals surface area contributed by atoms with Crippen LogP contribution in [0, 0.1) is 0 Å². The monoisotopic (exact) mass is 185 g/mol. The van der Waals surface area contributed by atoms with Gasteiger partial charge in [0.2, 0.25) is 0 Å². The van der Waals surface area contributed by atoms with E-state index in [2.05, 4.69) is 19.2 Å². The molecule has 1 aliphatic heterocycles. The Hall–Kier alpha value is -0.0800. The largest absolute Gasteiger partial charge is 0.374 e. The predicted molar refractivity (Wildman–Crippen MR) is 56.0 cm³/mol. The van der Waals surface area contributed by atoms with Gasteiger partial charge in [-0.2, -0.15) is 0 Å². The third kappa shape index (κ3) is 4.10. The van der Waals surface area contributed by atoms with Crippen molar-refractivity contribution in [1.29, 1.82) is 0 Å². The van der Waals surface area contributed by atoms with E-state index in [1.54, 1.807) is 0 Å². The lowest BCUT2D eigenvalue weighted by molar-refractivity contribution is -0.0104. The fourth-order valence-corrected chi connectivity index (χ4v) is 1.94. The highest BCUT2D eigenvalue weighted by atomic mass is 16.5. The van der Waals surface area contributed by atoms with Gasteiger partial charge in [-0.1, -0.05) is 26.7 Å². The summed E-state index contributed by atoms with van der Waals surface area (Å²) in [7, 11) is 0. The van der Waals surface area contributed by atoms with Gasteiger partial charge in [-0.05, 0) is 25.8 Å². The Morgan fingerprint density at radius 1 is 1.31 bits per heavy atom. The normalized spacial score (nSPS) is 22.8. The van der Waals surface area contributed by atoms with E-state index in [-0.39, 0.29) is 0 Å². The SMILES string of the molecule is CCCC(CCC)OC1CCNC1. The van der Waals surface area contributed by atoms with E-state index in [1.807, 2.05) is 0 Å². The van der Waals surface area contributed by atoms with Gasteiger partial charge in [0.1, 0.15) is 0 Å². The summed E-state index contributed by atoms with van der Waals surface area (Å²) < 4.78 is 6.03. The molecule has 2 heteroatoms. The van der Waals surface area contributed by atoms with Crippen LogP contribution in [0.3, 0.4) is 0 Å². The summed E-state index contributed by atoms with van der Waals surface area (Å²) in [6, 6.07) is 0. The lowest BCUT2D eigenvalue weighted by atomic mass is 10.1. The lowest BCUT2D eigenvalue weighted by Gasteiger charge is -2.20. The molecule has 1 saturated heterocycles. The second-order valence-electron chi connectivity index (χ2n) is 3.95. The number of hydrogen-bond acceptors (Lipinski definition) is 2. The van der Waals surface area contributed by atoms with Crippen LogP contribution in [0.2, 0.25) is 0 Å². The molecule has 0 aromatic heterocycles. The Kier molecular flexibility index (Phi) is 5.40. The Labute approximate surface area is 82.0 Å². The van der Waals surface area contributed by atoms with E-state index in [4.69, 9.17) is 4.74 Å². The molecule has 1 unspecified atom stereocenters. The maximum absolute atomic E-state index is 6.03. The van der Waals surface area contributed by atoms with Crippen molar-refractivity contribution < 1.29 is 4.74 Å². The van der Waals surface area contributed by atoms with Crippen molar-refractivity contribution in [2.24, 2.45) is 0 Å². The molecule has 1 N–H and O–H groups in total. The first-order valence-corrected chi connectivity index (χ1v) is 5.73. The zero-order chi connectivity index (χ0) is 9.52. The van der Waals surface area contributed by atoms with Gasteiger partial charge >= 0.3 is 0 Å². The number of hydrogen-bond donors (Lipinski definition) is 1. The molecule has 0 aromatic rings. The number of rotatable bonds is 6. The summed E-state index contributed by atoms with van der Waals surface area (Å²) in [4.78, 5) is 0. The first-order chi connectivity index (χ1) is 6.36. The van der Waals surface area contributed by atoms with Crippen LogP contribution in [0.4, 0.5) is 0 Å². The summed E-state index contributed by atoms with van der Waals surface area (Å²) >= 11 is 0. The third-order valence-electron chi connectivity index (χ3n) is 2.62. The molecule has 1 fully saturated rings. The maximum atomic E-state index is 6.03. The summed E-state index contributed by atoms with van der Waals surface area (Å²) in [5, 5.41) is 3.34. The molecule has 13 heavy (non-hydrogen) atoms. The van der Waals surface area contributed by atoms with Crippen LogP contribution in [0.5, 0.6) is 0 Å². The minimum absolute atomic E-state index is 0.489. The zero-order valence-electron chi connectivity index (χ0n) is 9.01. The topological polar surface area (TPSA) is 21.3 Å². The van der Waals surface area contributed by atoms with Gasteiger partial charge in [0.15, 0.2) is 0 Å². The van der Waals surface area contributed by atoms with Crippen molar-refractivity contribution in [3.63, 3.8) is 0 Å². The fraction of sp³-hybridized carbons (Fsp3) is 1.00. The van der Waals surface area contributed by atoms with Crippen LogP contribution >= 0.6 is 0 Å². The highest BCUT2D eigenvalue weighted by Gasteiger charge is 2.18. The standard InChI is InChI=1S/C11H23NO/c1-3-5-10(6-4-2)13-11-7-8-12-9-11/h10-12H,3-9H2,1-2H3. The second kappa shape index (κ2) is 6.39. The predicted octanol–water partition coefficient (Wildman–Crippen LogP) is 2.33. The summed E-state index contributed by atoms with van der Waals surface area (Å²) in [5.74, 6) is 0. The molecule has 0 spiro atoms. The van der Waals surface area contributed by atoms with Crippen LogP contribution in [0.15, 0.2) is 0 Å². The van der Waals surface area contributed by atoms with Crippen molar-refractivity contribution >= 4 is 0 Å².